The molecule has 3 heterocycles. The van der Waals surface area contributed by atoms with E-state index in [2.05, 4.69) is 9.80 Å². The molecule has 2 aromatic heterocycles. The van der Waals surface area contributed by atoms with E-state index in [4.69, 9.17) is 4.98 Å². The van der Waals surface area contributed by atoms with Crippen molar-refractivity contribution in [3.8, 4) is 0 Å². The number of halogens is 1. The van der Waals surface area contributed by atoms with Gasteiger partial charge < -0.3 is 19.8 Å². The maximum absolute atomic E-state index is 14.0. The summed E-state index contributed by atoms with van der Waals surface area (Å²) in [5.41, 5.74) is 2.53. The first-order chi connectivity index (χ1) is 16.4. The number of nitrogens with zero attached hydrogens (tertiary/aromatic N) is 4. The van der Waals surface area contributed by atoms with Crippen LogP contribution in [-0.4, -0.2) is 72.7 Å². The predicted octanol–water partition coefficient (Wildman–Crippen LogP) is 4.16. The molecule has 0 radical (unpaired) electrons. The van der Waals surface area contributed by atoms with Crippen molar-refractivity contribution >= 4 is 34.0 Å². The van der Waals surface area contributed by atoms with E-state index in [1.165, 1.54) is 23.5 Å². The molecule has 0 spiro atoms. The average molecular weight is 485 g/mol. The number of aliphatic hydroxyl groups is 1. The number of piperidine rings is 1. The molecule has 1 N–H and O–H groups in total. The summed E-state index contributed by atoms with van der Waals surface area (Å²) in [5.74, 6) is 0.668. The van der Waals surface area contributed by atoms with Gasteiger partial charge in [0.25, 0.3) is 5.91 Å². The number of rotatable bonds is 8. The van der Waals surface area contributed by atoms with Gasteiger partial charge in [-0.15, -0.1) is 11.3 Å². The lowest BCUT2D eigenvalue weighted by atomic mass is 9.98. The number of fused-ring (bicyclic) bond motifs is 1. The van der Waals surface area contributed by atoms with Crippen molar-refractivity contribution in [2.75, 3.05) is 51.8 Å². The minimum atomic E-state index is -0.318. The number of carbonyl (C=O) groups excluding carboxylic acids is 1. The quantitative estimate of drug-likeness (QED) is 0.520. The molecule has 4 rings (SSSR count). The standard InChI is InChI=1S/C26H33FN4O2S/c1-18-8-12-34-24(18)26(33)31(11-10-29(2)3)16-21-13-20-6-7-22(27)14-23(20)28-25(21)30-9-4-5-19(15-30)17-32/h6-8,12-14,19,32H,4-5,9-11,15-17H2,1-3H3. The maximum Gasteiger partial charge on any atom is 0.264 e. The molecule has 0 saturated carbocycles. The Hall–Kier alpha value is -2.55. The van der Waals surface area contributed by atoms with Crippen LogP contribution < -0.4 is 4.90 Å². The number of thiophene rings is 1. The molecule has 1 unspecified atom stereocenters. The van der Waals surface area contributed by atoms with Crippen LogP contribution in [0.25, 0.3) is 10.9 Å². The van der Waals surface area contributed by atoms with Crippen LogP contribution in [0.3, 0.4) is 0 Å². The van der Waals surface area contributed by atoms with Gasteiger partial charge in [0.2, 0.25) is 0 Å². The monoisotopic (exact) mass is 484 g/mol. The van der Waals surface area contributed by atoms with Gasteiger partial charge in [0, 0.05) is 56.3 Å². The first kappa shape index (κ1) is 24.6. The van der Waals surface area contributed by atoms with Crippen LogP contribution >= 0.6 is 11.3 Å². The zero-order valence-electron chi connectivity index (χ0n) is 20.1. The summed E-state index contributed by atoms with van der Waals surface area (Å²) in [6.07, 6.45) is 1.95. The minimum absolute atomic E-state index is 0.0198. The average Bonchev–Trinajstić information content (AvgIpc) is 3.26. The Labute approximate surface area is 204 Å². The summed E-state index contributed by atoms with van der Waals surface area (Å²) in [4.78, 5) is 25.3. The molecular formula is C26H33FN4O2S. The SMILES string of the molecule is Cc1ccsc1C(=O)N(CCN(C)C)Cc1cc2ccc(F)cc2nc1N1CCCC(CO)C1. The number of aromatic nitrogens is 1. The minimum Gasteiger partial charge on any atom is -0.396 e. The summed E-state index contributed by atoms with van der Waals surface area (Å²) in [6, 6.07) is 8.66. The molecular weight excluding hydrogens is 451 g/mol. The van der Waals surface area contributed by atoms with Gasteiger partial charge in [0.15, 0.2) is 0 Å². The van der Waals surface area contributed by atoms with Crippen molar-refractivity contribution in [2.24, 2.45) is 5.92 Å². The van der Waals surface area contributed by atoms with Crippen molar-refractivity contribution in [1.29, 1.82) is 0 Å². The number of amides is 1. The van der Waals surface area contributed by atoms with Crippen molar-refractivity contribution in [2.45, 2.75) is 26.3 Å². The molecule has 1 aliphatic heterocycles. The van der Waals surface area contributed by atoms with Crippen molar-refractivity contribution < 1.29 is 14.3 Å². The third-order valence-electron chi connectivity index (χ3n) is 6.43. The van der Waals surface area contributed by atoms with E-state index in [1.54, 1.807) is 6.07 Å². The fourth-order valence-electron chi connectivity index (χ4n) is 4.48. The lowest BCUT2D eigenvalue weighted by Gasteiger charge is -2.35. The van der Waals surface area contributed by atoms with Crippen LogP contribution in [0, 0.1) is 18.7 Å². The van der Waals surface area contributed by atoms with E-state index < -0.39 is 0 Å². The van der Waals surface area contributed by atoms with E-state index in [1.807, 2.05) is 43.4 Å². The van der Waals surface area contributed by atoms with Crippen LogP contribution in [0.15, 0.2) is 35.7 Å². The topological polar surface area (TPSA) is 59.9 Å². The molecule has 1 fully saturated rings. The maximum atomic E-state index is 14.0. The van der Waals surface area contributed by atoms with Crippen LogP contribution in [0.4, 0.5) is 10.2 Å². The Balaban J connectivity index is 1.74. The zero-order chi connectivity index (χ0) is 24.2. The lowest BCUT2D eigenvalue weighted by molar-refractivity contribution is 0.0736. The fraction of sp³-hybridized carbons (Fsp3) is 0.462. The van der Waals surface area contributed by atoms with E-state index >= 15 is 0 Å². The first-order valence-electron chi connectivity index (χ1n) is 11.8. The Bertz CT molecular complexity index is 1150. The molecule has 0 bridgehead atoms. The zero-order valence-corrected chi connectivity index (χ0v) is 20.9. The molecule has 182 valence electrons. The molecule has 1 saturated heterocycles. The molecule has 3 aromatic rings. The Kier molecular flexibility index (Phi) is 7.80. The Morgan fingerprint density at radius 1 is 1.26 bits per heavy atom. The molecule has 34 heavy (non-hydrogen) atoms. The lowest BCUT2D eigenvalue weighted by Crippen LogP contribution is -2.39. The molecule has 1 aromatic carbocycles. The van der Waals surface area contributed by atoms with Gasteiger partial charge in [0.05, 0.1) is 10.4 Å². The number of aliphatic hydroxyl groups excluding tert-OH is 1. The molecule has 0 aliphatic carbocycles. The normalized spacial score (nSPS) is 16.4. The van der Waals surface area contributed by atoms with Crippen molar-refractivity contribution in [3.05, 3.63) is 57.5 Å². The second-order valence-corrected chi connectivity index (χ2v) is 10.3. The summed E-state index contributed by atoms with van der Waals surface area (Å²) >= 11 is 1.47. The second-order valence-electron chi connectivity index (χ2n) is 9.41. The van der Waals surface area contributed by atoms with Gasteiger partial charge in [-0.05, 0) is 75.0 Å². The van der Waals surface area contributed by atoms with E-state index in [0.717, 1.165) is 53.1 Å². The highest BCUT2D eigenvalue weighted by Gasteiger charge is 2.26. The van der Waals surface area contributed by atoms with Gasteiger partial charge >= 0.3 is 0 Å². The number of carbonyl (C=O) groups is 1. The third kappa shape index (κ3) is 5.56. The number of hydrogen-bond donors (Lipinski definition) is 1. The summed E-state index contributed by atoms with van der Waals surface area (Å²) in [6.45, 7) is 5.38. The highest BCUT2D eigenvalue weighted by molar-refractivity contribution is 7.12. The summed E-state index contributed by atoms with van der Waals surface area (Å²) in [5, 5.41) is 12.6. The number of likely N-dealkylation sites (N-methyl/N-ethyl adjacent to an activating group) is 1. The van der Waals surface area contributed by atoms with Crippen molar-refractivity contribution in [3.63, 3.8) is 0 Å². The van der Waals surface area contributed by atoms with Crippen LogP contribution in [-0.2, 0) is 6.54 Å². The highest BCUT2D eigenvalue weighted by Crippen LogP contribution is 2.30. The van der Waals surface area contributed by atoms with Gasteiger partial charge in [-0.1, -0.05) is 0 Å². The second kappa shape index (κ2) is 10.8. The molecule has 1 amide bonds. The van der Waals surface area contributed by atoms with Gasteiger partial charge in [0.1, 0.15) is 11.6 Å². The highest BCUT2D eigenvalue weighted by atomic mass is 32.1. The van der Waals surface area contributed by atoms with Gasteiger partial charge in [-0.25, -0.2) is 9.37 Å². The van der Waals surface area contributed by atoms with E-state index in [9.17, 15) is 14.3 Å². The van der Waals surface area contributed by atoms with Crippen LogP contribution in [0.2, 0.25) is 0 Å². The number of hydrogen-bond acceptors (Lipinski definition) is 6. The third-order valence-corrected chi connectivity index (χ3v) is 7.44. The van der Waals surface area contributed by atoms with Crippen LogP contribution in [0.1, 0.15) is 33.6 Å². The number of anilines is 1. The predicted molar refractivity (Wildman–Crippen MR) is 136 cm³/mol. The Morgan fingerprint density at radius 2 is 2.09 bits per heavy atom. The smallest absolute Gasteiger partial charge is 0.264 e. The summed E-state index contributed by atoms with van der Waals surface area (Å²) < 4.78 is 14.0. The molecule has 1 aliphatic rings. The first-order valence-corrected chi connectivity index (χ1v) is 12.7. The number of pyridine rings is 1. The number of benzene rings is 1. The van der Waals surface area contributed by atoms with E-state index in [-0.39, 0.29) is 24.2 Å². The van der Waals surface area contributed by atoms with Gasteiger partial charge in [-0.2, -0.15) is 0 Å². The molecule has 1 atom stereocenters. The van der Waals surface area contributed by atoms with E-state index in [0.29, 0.717) is 25.2 Å². The largest absolute Gasteiger partial charge is 0.396 e. The van der Waals surface area contributed by atoms with Crippen molar-refractivity contribution in [1.82, 2.24) is 14.8 Å². The number of aryl methyl sites for hydroxylation is 1. The molecule has 8 heteroatoms. The van der Waals surface area contributed by atoms with Crippen LogP contribution in [0.5, 0.6) is 0 Å². The Morgan fingerprint density at radius 3 is 2.79 bits per heavy atom. The molecule has 6 nitrogen and oxygen atoms in total. The fourth-order valence-corrected chi connectivity index (χ4v) is 5.38. The van der Waals surface area contributed by atoms with Gasteiger partial charge in [-0.3, -0.25) is 4.79 Å². The summed E-state index contributed by atoms with van der Waals surface area (Å²) in [7, 11) is 4.00.